The molecule has 1 aromatic rings. The summed E-state index contributed by atoms with van der Waals surface area (Å²) in [7, 11) is -4.16. The van der Waals surface area contributed by atoms with E-state index in [1.807, 2.05) is 0 Å². The van der Waals surface area contributed by atoms with Gasteiger partial charge >= 0.3 is 0 Å². The molecule has 0 aliphatic carbocycles. The highest BCUT2D eigenvalue weighted by molar-refractivity contribution is 7.94. The van der Waals surface area contributed by atoms with Crippen LogP contribution in [0.5, 0.6) is 0 Å². The lowest BCUT2D eigenvalue weighted by molar-refractivity contribution is -0.385. The minimum Gasteiger partial charge on any atom is -0.593 e. The van der Waals surface area contributed by atoms with E-state index in [0.717, 1.165) is 18.2 Å². The molecule has 1 aromatic carbocycles. The molecule has 0 fully saturated rings. The van der Waals surface area contributed by atoms with Crippen molar-refractivity contribution in [2.45, 2.75) is 38.0 Å². The maximum absolute atomic E-state index is 14.5. The Morgan fingerprint density at radius 3 is 2.44 bits per heavy atom. The van der Waals surface area contributed by atoms with Gasteiger partial charge in [-0.15, -0.1) is 4.72 Å². The summed E-state index contributed by atoms with van der Waals surface area (Å²) in [6.45, 7) is 8.53. The van der Waals surface area contributed by atoms with Crippen LogP contribution in [0.15, 0.2) is 29.7 Å². The summed E-state index contributed by atoms with van der Waals surface area (Å²) in [6, 6.07) is 4.31. The molecule has 27 heavy (non-hydrogen) atoms. The van der Waals surface area contributed by atoms with E-state index in [9.17, 15) is 27.5 Å². The lowest BCUT2D eigenvalue weighted by Crippen LogP contribution is -2.51. The van der Waals surface area contributed by atoms with Crippen molar-refractivity contribution in [2.75, 3.05) is 5.75 Å². The first-order chi connectivity index (χ1) is 12.2. The number of non-ortho nitro benzene ring substituents is 1. The highest BCUT2D eigenvalue weighted by Crippen LogP contribution is 2.33. The highest BCUT2D eigenvalue weighted by Gasteiger charge is 2.45. The topological polar surface area (TPSA) is 136 Å². The van der Waals surface area contributed by atoms with Crippen molar-refractivity contribution in [2.24, 2.45) is 0 Å². The van der Waals surface area contributed by atoms with Crippen molar-refractivity contribution in [1.29, 1.82) is 5.26 Å². The van der Waals surface area contributed by atoms with Crippen LogP contribution in [0.25, 0.3) is 0 Å². The van der Waals surface area contributed by atoms with Crippen LogP contribution in [0.4, 0.5) is 10.1 Å². The third-order valence-electron chi connectivity index (χ3n) is 3.92. The summed E-state index contributed by atoms with van der Waals surface area (Å²) < 4.78 is 52.9. The predicted molar refractivity (Wildman–Crippen MR) is 100.0 cm³/mol. The molecule has 0 heterocycles. The highest BCUT2D eigenvalue weighted by atomic mass is 32.2. The Labute approximate surface area is 160 Å². The molecule has 0 saturated heterocycles. The van der Waals surface area contributed by atoms with Gasteiger partial charge in [0.05, 0.1) is 28.1 Å². The number of nitrogens with one attached hydrogen (secondary N) is 1. The van der Waals surface area contributed by atoms with E-state index in [1.54, 1.807) is 6.07 Å². The van der Waals surface area contributed by atoms with Gasteiger partial charge in [0.2, 0.25) is 0 Å². The third-order valence-corrected chi connectivity index (χ3v) is 7.79. The molecular formula is C16H20FN3O5S2. The van der Waals surface area contributed by atoms with Crippen LogP contribution in [0.2, 0.25) is 0 Å². The van der Waals surface area contributed by atoms with Gasteiger partial charge in [-0.05, 0) is 33.4 Å². The average molecular weight is 417 g/mol. The summed E-state index contributed by atoms with van der Waals surface area (Å²) >= 11 is -1.96. The second-order valence-corrected chi connectivity index (χ2v) is 10.7. The molecule has 0 amide bonds. The number of hydrogen-bond acceptors (Lipinski definition) is 7. The zero-order valence-electron chi connectivity index (χ0n) is 15.3. The van der Waals surface area contributed by atoms with E-state index >= 15 is 0 Å². The van der Waals surface area contributed by atoms with Crippen molar-refractivity contribution >= 4 is 26.9 Å². The summed E-state index contributed by atoms with van der Waals surface area (Å²) in [4.78, 5) is 10.4. The molecule has 1 N–H and O–H groups in total. The molecule has 11 heteroatoms. The molecule has 0 radical (unpaired) electrons. The Bertz CT molecular complexity index is 911. The Morgan fingerprint density at radius 1 is 1.44 bits per heavy atom. The molecule has 148 valence electrons. The molecule has 1 rings (SSSR count). The minimum atomic E-state index is -4.16. The van der Waals surface area contributed by atoms with Gasteiger partial charge in [0.15, 0.2) is 14.6 Å². The van der Waals surface area contributed by atoms with Gasteiger partial charge in [-0.3, -0.25) is 10.1 Å². The van der Waals surface area contributed by atoms with Gasteiger partial charge in [0.1, 0.15) is 16.3 Å². The molecule has 0 bridgehead atoms. The first kappa shape index (κ1) is 23.0. The summed E-state index contributed by atoms with van der Waals surface area (Å²) in [5.74, 6) is -1.74. The molecule has 0 spiro atoms. The van der Waals surface area contributed by atoms with Crippen LogP contribution in [-0.4, -0.2) is 28.4 Å². The van der Waals surface area contributed by atoms with Crippen molar-refractivity contribution < 1.29 is 22.3 Å². The molecule has 8 nitrogen and oxygen atoms in total. The van der Waals surface area contributed by atoms with Crippen molar-refractivity contribution in [3.8, 4) is 6.07 Å². The van der Waals surface area contributed by atoms with Crippen LogP contribution in [-0.2, 0) is 26.7 Å². The molecule has 0 aliphatic heterocycles. The minimum absolute atomic E-state index is 0.143. The van der Waals surface area contributed by atoms with Gasteiger partial charge in [0, 0.05) is 24.6 Å². The van der Waals surface area contributed by atoms with Gasteiger partial charge in [-0.1, -0.05) is 0 Å². The lowest BCUT2D eigenvalue weighted by atomic mass is 9.94. The number of nitro groups is 1. The second kappa shape index (κ2) is 7.93. The zero-order valence-corrected chi connectivity index (χ0v) is 16.9. The number of nitro benzene ring substituents is 1. The number of nitriles is 1. The summed E-state index contributed by atoms with van der Waals surface area (Å²) in [5, 5.41) is 20.2. The van der Waals surface area contributed by atoms with Crippen LogP contribution in [0, 0.1) is 27.3 Å². The van der Waals surface area contributed by atoms with E-state index in [1.165, 1.54) is 27.7 Å². The second-order valence-electron chi connectivity index (χ2n) is 6.71. The summed E-state index contributed by atoms with van der Waals surface area (Å²) in [5.41, 5.74) is -2.64. The number of benzene rings is 1. The predicted octanol–water partition coefficient (Wildman–Crippen LogP) is 2.45. The number of allylic oxidation sites excluding steroid dienone is 1. The standard InChI is InChI=1S/C16H20FN3O5S2/c1-11(2)26(23)19-16(5,10-27(24,25)15(3,4)9-18)13-8-12(20(21)22)6-7-14(13)17/h6-8,19H,1,10H2,2-5H3/t16-,26?/m0/s1. The Kier molecular flexibility index (Phi) is 6.77. The largest absolute Gasteiger partial charge is 0.593 e. The van der Waals surface area contributed by atoms with Crippen molar-refractivity contribution in [3.63, 3.8) is 0 Å². The van der Waals surface area contributed by atoms with E-state index in [2.05, 4.69) is 11.3 Å². The SMILES string of the molecule is C=C(C)[S+]([O-])N[C@@](C)(CS(=O)(=O)C(C)(C)C#N)c1cc([N+](=O)[O-])ccc1F. The number of nitrogens with zero attached hydrogens (tertiary/aromatic N) is 2. The first-order valence-electron chi connectivity index (χ1n) is 7.60. The third kappa shape index (κ3) is 5.04. The summed E-state index contributed by atoms with van der Waals surface area (Å²) in [6.07, 6.45) is 0. The van der Waals surface area contributed by atoms with Crippen LogP contribution >= 0.6 is 0 Å². The number of sulfone groups is 1. The van der Waals surface area contributed by atoms with Crippen LogP contribution in [0.1, 0.15) is 33.3 Å². The maximum atomic E-state index is 14.5. The van der Waals surface area contributed by atoms with E-state index < -0.39 is 53.7 Å². The van der Waals surface area contributed by atoms with Crippen LogP contribution in [0.3, 0.4) is 0 Å². The Balaban J connectivity index is 3.63. The number of halogens is 1. The molecular weight excluding hydrogens is 397 g/mol. The average Bonchev–Trinajstić information content (AvgIpc) is 2.53. The lowest BCUT2D eigenvalue weighted by Gasteiger charge is -2.32. The maximum Gasteiger partial charge on any atom is 0.269 e. The molecule has 0 aromatic heterocycles. The van der Waals surface area contributed by atoms with Crippen LogP contribution < -0.4 is 4.72 Å². The van der Waals surface area contributed by atoms with Crippen molar-refractivity contribution in [3.05, 3.63) is 51.2 Å². The molecule has 1 unspecified atom stereocenters. The van der Waals surface area contributed by atoms with Gasteiger partial charge in [0.25, 0.3) is 5.69 Å². The zero-order chi connectivity index (χ0) is 21.2. The van der Waals surface area contributed by atoms with E-state index in [4.69, 9.17) is 5.26 Å². The number of hydrogen-bond donors (Lipinski definition) is 1. The van der Waals surface area contributed by atoms with Gasteiger partial charge < -0.3 is 4.55 Å². The van der Waals surface area contributed by atoms with Gasteiger partial charge in [-0.25, -0.2) is 12.8 Å². The fourth-order valence-electron chi connectivity index (χ4n) is 2.13. The quantitative estimate of drug-likeness (QED) is 0.390. The molecule has 2 atom stereocenters. The Hall–Kier alpha value is -2.00. The Morgan fingerprint density at radius 2 is 2.00 bits per heavy atom. The first-order valence-corrected chi connectivity index (χ1v) is 10.4. The van der Waals surface area contributed by atoms with Crippen molar-refractivity contribution in [1.82, 2.24) is 4.72 Å². The van der Waals surface area contributed by atoms with Gasteiger partial charge in [-0.2, -0.15) is 5.26 Å². The monoisotopic (exact) mass is 417 g/mol. The van der Waals surface area contributed by atoms with E-state index in [0.29, 0.717) is 0 Å². The number of rotatable bonds is 8. The fourth-order valence-corrected chi connectivity index (χ4v) is 4.48. The normalized spacial score (nSPS) is 15.4. The fraction of sp³-hybridized carbons (Fsp3) is 0.438. The van der Waals surface area contributed by atoms with E-state index in [-0.39, 0.29) is 10.5 Å². The molecule has 0 aliphatic rings. The smallest absolute Gasteiger partial charge is 0.269 e. The molecule has 0 saturated carbocycles.